The number of hydrogen-bond acceptors (Lipinski definition) is 3. The monoisotopic (exact) mass is 422 g/mol. The molecule has 0 aromatic rings. The number of piperidine rings is 1. The molecule has 1 fully saturated rings. The third-order valence-electron chi connectivity index (χ3n) is 6.64. The predicted molar refractivity (Wildman–Crippen MR) is 129 cm³/mol. The standard InChI is InChI=1S/C27H52NO2/c1-6-7-8-9-10-11-12-13-14-16-20-26(2,3)21-19-22-27(4,5)25(29)30-28-23-17-15-18-24-28/h19H,6-18,20-24H2,1-5H3. The van der Waals surface area contributed by atoms with Crippen LogP contribution in [0.4, 0.5) is 0 Å². The number of rotatable bonds is 17. The molecule has 0 aromatic carbocycles. The van der Waals surface area contributed by atoms with E-state index in [1.54, 1.807) is 0 Å². The summed E-state index contributed by atoms with van der Waals surface area (Å²) in [6.45, 7) is 12.8. The van der Waals surface area contributed by atoms with Gasteiger partial charge in [-0.15, -0.1) is 5.06 Å². The van der Waals surface area contributed by atoms with Crippen LogP contribution >= 0.6 is 0 Å². The Morgan fingerprint density at radius 2 is 1.33 bits per heavy atom. The molecule has 0 aliphatic carbocycles. The third kappa shape index (κ3) is 13.0. The molecule has 0 saturated carbocycles. The summed E-state index contributed by atoms with van der Waals surface area (Å²) in [4.78, 5) is 18.2. The SMILES string of the molecule is CCCCCCCCCCCCC(C)(C)C[CH]CC(C)(C)C(=O)ON1CCCCC1. The molecule has 0 aromatic heterocycles. The van der Waals surface area contributed by atoms with Gasteiger partial charge in [0.25, 0.3) is 0 Å². The Morgan fingerprint density at radius 3 is 1.90 bits per heavy atom. The smallest absolute Gasteiger partial charge is 0.330 e. The summed E-state index contributed by atoms with van der Waals surface area (Å²) in [6, 6.07) is 0. The summed E-state index contributed by atoms with van der Waals surface area (Å²) in [5, 5.41) is 1.86. The zero-order chi connectivity index (χ0) is 22.3. The highest BCUT2D eigenvalue weighted by atomic mass is 16.7. The maximum atomic E-state index is 12.6. The van der Waals surface area contributed by atoms with Crippen molar-refractivity contribution in [3.8, 4) is 0 Å². The van der Waals surface area contributed by atoms with E-state index in [1.807, 2.05) is 18.9 Å². The fourth-order valence-corrected chi connectivity index (χ4v) is 4.30. The first-order valence-electron chi connectivity index (χ1n) is 13.1. The van der Waals surface area contributed by atoms with Crippen molar-refractivity contribution in [1.29, 1.82) is 0 Å². The van der Waals surface area contributed by atoms with Crippen molar-refractivity contribution < 1.29 is 9.63 Å². The Bertz CT molecular complexity index is 438. The lowest BCUT2D eigenvalue weighted by atomic mass is 9.79. The summed E-state index contributed by atoms with van der Waals surface area (Å²) in [5.41, 5.74) is -0.113. The Kier molecular flexibility index (Phi) is 14.0. The molecule has 30 heavy (non-hydrogen) atoms. The second-order valence-corrected chi connectivity index (χ2v) is 11.0. The number of hydroxylamine groups is 2. The molecule has 0 N–H and O–H groups in total. The minimum atomic E-state index is -0.440. The van der Waals surface area contributed by atoms with Crippen molar-refractivity contribution in [2.24, 2.45) is 10.8 Å². The Morgan fingerprint density at radius 1 is 0.800 bits per heavy atom. The first kappa shape index (κ1) is 27.5. The number of carbonyl (C=O) groups is 1. The van der Waals surface area contributed by atoms with Crippen LogP contribution in [0.15, 0.2) is 0 Å². The maximum Gasteiger partial charge on any atom is 0.330 e. The van der Waals surface area contributed by atoms with Crippen LogP contribution in [-0.2, 0) is 9.63 Å². The molecule has 1 rings (SSSR count). The van der Waals surface area contributed by atoms with Gasteiger partial charge in [0.1, 0.15) is 0 Å². The quantitative estimate of drug-likeness (QED) is 0.221. The van der Waals surface area contributed by atoms with Crippen LogP contribution in [0.5, 0.6) is 0 Å². The molecule has 1 heterocycles. The lowest BCUT2D eigenvalue weighted by Crippen LogP contribution is -2.37. The van der Waals surface area contributed by atoms with Gasteiger partial charge in [0.15, 0.2) is 0 Å². The molecule has 3 heteroatoms. The summed E-state index contributed by atoms with van der Waals surface area (Å²) in [5.74, 6) is -0.0758. The normalized spacial score (nSPS) is 16.0. The number of carbonyl (C=O) groups excluding carboxylic acids is 1. The van der Waals surface area contributed by atoms with E-state index in [2.05, 4.69) is 27.2 Å². The Hall–Kier alpha value is -0.570. The van der Waals surface area contributed by atoms with E-state index in [-0.39, 0.29) is 5.97 Å². The van der Waals surface area contributed by atoms with E-state index >= 15 is 0 Å². The van der Waals surface area contributed by atoms with Crippen LogP contribution in [0.2, 0.25) is 0 Å². The minimum Gasteiger partial charge on any atom is -0.367 e. The second kappa shape index (κ2) is 15.3. The third-order valence-corrected chi connectivity index (χ3v) is 6.64. The van der Waals surface area contributed by atoms with Gasteiger partial charge >= 0.3 is 5.97 Å². The molecule has 1 aliphatic heterocycles. The lowest BCUT2D eigenvalue weighted by molar-refractivity contribution is -0.204. The highest BCUT2D eigenvalue weighted by Gasteiger charge is 2.32. The zero-order valence-electron chi connectivity index (χ0n) is 21.1. The van der Waals surface area contributed by atoms with Crippen molar-refractivity contribution in [2.75, 3.05) is 13.1 Å². The molecule has 0 atom stereocenters. The summed E-state index contributed by atoms with van der Waals surface area (Å²) >= 11 is 0. The van der Waals surface area contributed by atoms with Gasteiger partial charge in [0, 0.05) is 13.1 Å². The fourth-order valence-electron chi connectivity index (χ4n) is 4.30. The largest absolute Gasteiger partial charge is 0.367 e. The summed E-state index contributed by atoms with van der Waals surface area (Å²) in [7, 11) is 0. The topological polar surface area (TPSA) is 29.5 Å². The van der Waals surface area contributed by atoms with E-state index in [4.69, 9.17) is 4.84 Å². The van der Waals surface area contributed by atoms with Crippen LogP contribution in [0.1, 0.15) is 137 Å². The molecule has 1 radical (unpaired) electrons. The van der Waals surface area contributed by atoms with Crippen molar-refractivity contribution in [3.63, 3.8) is 0 Å². The highest BCUT2D eigenvalue weighted by Crippen LogP contribution is 2.33. The van der Waals surface area contributed by atoms with E-state index in [0.717, 1.165) is 38.8 Å². The van der Waals surface area contributed by atoms with Crippen molar-refractivity contribution >= 4 is 5.97 Å². The Labute approximate surface area is 188 Å². The highest BCUT2D eigenvalue weighted by molar-refractivity contribution is 5.75. The molecule has 177 valence electrons. The van der Waals surface area contributed by atoms with Crippen LogP contribution in [-0.4, -0.2) is 24.1 Å². The van der Waals surface area contributed by atoms with Crippen molar-refractivity contribution in [3.05, 3.63) is 6.42 Å². The number of hydrogen-bond donors (Lipinski definition) is 0. The minimum absolute atomic E-state index is 0.0758. The first-order chi connectivity index (χ1) is 14.3. The molecular formula is C27H52NO2. The zero-order valence-corrected chi connectivity index (χ0v) is 21.1. The fraction of sp³-hybridized carbons (Fsp3) is 0.926. The van der Waals surface area contributed by atoms with Gasteiger partial charge in [-0.1, -0.05) is 91.4 Å². The molecular weight excluding hydrogens is 370 g/mol. The molecule has 0 bridgehead atoms. The van der Waals surface area contributed by atoms with Gasteiger partial charge in [0.05, 0.1) is 5.41 Å². The number of unbranched alkanes of at least 4 members (excludes halogenated alkanes) is 9. The molecule has 3 nitrogen and oxygen atoms in total. The molecule has 0 amide bonds. The van der Waals surface area contributed by atoms with Crippen LogP contribution < -0.4 is 0 Å². The second-order valence-electron chi connectivity index (χ2n) is 11.0. The molecule has 0 unspecified atom stereocenters. The van der Waals surface area contributed by atoms with Gasteiger partial charge in [-0.25, -0.2) is 4.79 Å². The predicted octanol–water partition coefficient (Wildman–Crippen LogP) is 8.28. The first-order valence-corrected chi connectivity index (χ1v) is 13.1. The maximum absolute atomic E-state index is 12.6. The van der Waals surface area contributed by atoms with Gasteiger partial charge in [0.2, 0.25) is 0 Å². The van der Waals surface area contributed by atoms with E-state index < -0.39 is 5.41 Å². The molecule has 1 saturated heterocycles. The van der Waals surface area contributed by atoms with Gasteiger partial charge < -0.3 is 4.84 Å². The van der Waals surface area contributed by atoms with Crippen LogP contribution in [0, 0.1) is 17.3 Å². The van der Waals surface area contributed by atoms with Gasteiger partial charge in [-0.3, -0.25) is 0 Å². The number of nitrogens with zero attached hydrogens (tertiary/aromatic N) is 1. The Balaban J connectivity index is 2.10. The van der Waals surface area contributed by atoms with E-state index in [1.165, 1.54) is 77.0 Å². The van der Waals surface area contributed by atoms with Crippen molar-refractivity contribution in [1.82, 2.24) is 5.06 Å². The molecule has 1 aliphatic rings. The summed E-state index contributed by atoms with van der Waals surface area (Å²) in [6.07, 6.45) is 22.9. The van der Waals surface area contributed by atoms with Crippen molar-refractivity contribution in [2.45, 2.75) is 137 Å². The van der Waals surface area contributed by atoms with Crippen LogP contribution in [0.25, 0.3) is 0 Å². The lowest BCUT2D eigenvalue weighted by Gasteiger charge is -2.31. The average Bonchev–Trinajstić information content (AvgIpc) is 2.70. The average molecular weight is 423 g/mol. The van der Waals surface area contributed by atoms with E-state index in [0.29, 0.717) is 5.41 Å². The van der Waals surface area contributed by atoms with Gasteiger partial charge in [-0.2, -0.15) is 0 Å². The van der Waals surface area contributed by atoms with E-state index in [9.17, 15) is 4.79 Å². The molecule has 0 spiro atoms. The van der Waals surface area contributed by atoms with Crippen LogP contribution in [0.3, 0.4) is 0 Å². The summed E-state index contributed by atoms with van der Waals surface area (Å²) < 4.78 is 0. The van der Waals surface area contributed by atoms with Gasteiger partial charge in [-0.05, 0) is 57.8 Å².